The van der Waals surface area contributed by atoms with Gasteiger partial charge in [0, 0.05) is 16.5 Å². The predicted molar refractivity (Wildman–Crippen MR) is 112 cm³/mol. The van der Waals surface area contributed by atoms with Crippen molar-refractivity contribution in [3.63, 3.8) is 0 Å². The molecule has 0 radical (unpaired) electrons. The van der Waals surface area contributed by atoms with E-state index in [0.29, 0.717) is 5.76 Å². The summed E-state index contributed by atoms with van der Waals surface area (Å²) < 4.78 is 14.3. The number of fused-ring (bicyclic) bond motifs is 3. The summed E-state index contributed by atoms with van der Waals surface area (Å²) in [5.41, 5.74) is 3.98. The third kappa shape index (κ3) is 2.48. The van der Waals surface area contributed by atoms with E-state index in [9.17, 15) is 0 Å². The van der Waals surface area contributed by atoms with Crippen molar-refractivity contribution < 1.29 is 9.31 Å². The van der Waals surface area contributed by atoms with Gasteiger partial charge in [-0.25, -0.2) is 0 Å². The van der Waals surface area contributed by atoms with E-state index in [0.717, 1.165) is 16.7 Å². The van der Waals surface area contributed by atoms with Crippen molar-refractivity contribution in [2.45, 2.75) is 19.4 Å². The van der Waals surface area contributed by atoms with Gasteiger partial charge in [0.2, 0.25) is 0 Å². The van der Waals surface area contributed by atoms with Gasteiger partial charge in [-0.3, -0.25) is 0 Å². The van der Waals surface area contributed by atoms with Crippen molar-refractivity contribution in [2.24, 2.45) is 0 Å². The lowest BCUT2D eigenvalue weighted by Gasteiger charge is -2.15. The molecule has 4 aromatic rings. The quantitative estimate of drug-likeness (QED) is 0.483. The minimum Gasteiger partial charge on any atom is -0.534 e. The lowest BCUT2D eigenvalue weighted by molar-refractivity contribution is 0.173. The predicted octanol–water partition coefficient (Wildman–Crippen LogP) is 4.82. The maximum absolute atomic E-state index is 6.08. The SMILES string of the molecule is C=C1OB(c2ccc3c4ccccc4n(-c4ccccc4)c3c2)OC1(C)C. The standard InChI is InChI=1S/C23H20BNO2/c1-16-23(2,3)27-24(26-16)17-13-14-20-19-11-7-8-12-21(19)25(22(20)15-17)18-9-5-4-6-10-18/h4-15H,1H2,2-3H3. The number of hydrogen-bond donors (Lipinski definition) is 0. The monoisotopic (exact) mass is 353 g/mol. The maximum atomic E-state index is 6.08. The molecule has 2 heterocycles. The van der Waals surface area contributed by atoms with Crippen LogP contribution in [0.2, 0.25) is 0 Å². The minimum absolute atomic E-state index is 0.431. The normalized spacial score (nSPS) is 16.2. The summed E-state index contributed by atoms with van der Waals surface area (Å²) in [5.74, 6) is 0.663. The second-order valence-electron chi connectivity index (χ2n) is 7.47. The van der Waals surface area contributed by atoms with Crippen LogP contribution in [-0.2, 0) is 9.31 Å². The van der Waals surface area contributed by atoms with E-state index in [2.05, 4.69) is 77.9 Å². The third-order valence-corrected chi connectivity index (χ3v) is 5.31. The van der Waals surface area contributed by atoms with E-state index >= 15 is 0 Å². The molecule has 3 aromatic carbocycles. The molecule has 1 saturated heterocycles. The van der Waals surface area contributed by atoms with Crippen molar-refractivity contribution in [2.75, 3.05) is 0 Å². The van der Waals surface area contributed by atoms with Crippen LogP contribution in [0.4, 0.5) is 0 Å². The van der Waals surface area contributed by atoms with Crippen LogP contribution in [0.25, 0.3) is 27.5 Å². The largest absolute Gasteiger partial charge is 0.563 e. The highest BCUT2D eigenvalue weighted by atomic mass is 16.7. The molecule has 1 aliphatic heterocycles. The topological polar surface area (TPSA) is 23.4 Å². The average Bonchev–Trinajstić information content (AvgIpc) is 3.15. The number of rotatable bonds is 2. The molecule has 0 aliphatic carbocycles. The molecule has 0 amide bonds. The number of benzene rings is 3. The van der Waals surface area contributed by atoms with Crippen LogP contribution in [0.3, 0.4) is 0 Å². The fraction of sp³-hybridized carbons (Fsp3) is 0.130. The Hall–Kier alpha value is -2.98. The first kappa shape index (κ1) is 16.2. The zero-order valence-corrected chi connectivity index (χ0v) is 15.5. The van der Waals surface area contributed by atoms with Gasteiger partial charge in [0.25, 0.3) is 0 Å². The van der Waals surface area contributed by atoms with Crippen LogP contribution < -0.4 is 5.46 Å². The van der Waals surface area contributed by atoms with Crippen LogP contribution in [0.15, 0.2) is 85.1 Å². The molecule has 0 atom stereocenters. The van der Waals surface area contributed by atoms with Gasteiger partial charge in [0.1, 0.15) is 5.60 Å². The van der Waals surface area contributed by atoms with E-state index in [-0.39, 0.29) is 0 Å². The number of para-hydroxylation sites is 2. The first-order chi connectivity index (χ1) is 13.0. The highest BCUT2D eigenvalue weighted by molar-refractivity contribution is 6.62. The molecule has 0 unspecified atom stereocenters. The number of aromatic nitrogens is 1. The highest BCUT2D eigenvalue weighted by Gasteiger charge is 2.42. The summed E-state index contributed by atoms with van der Waals surface area (Å²) in [6.45, 7) is 7.95. The van der Waals surface area contributed by atoms with Crippen molar-refractivity contribution >= 4 is 34.4 Å². The van der Waals surface area contributed by atoms with Gasteiger partial charge in [-0.15, -0.1) is 0 Å². The van der Waals surface area contributed by atoms with Crippen LogP contribution >= 0.6 is 0 Å². The molecular formula is C23H20BNO2. The molecule has 1 aromatic heterocycles. The summed E-state index contributed by atoms with van der Waals surface area (Å²) >= 11 is 0. The first-order valence-corrected chi connectivity index (χ1v) is 9.17. The summed E-state index contributed by atoms with van der Waals surface area (Å²) in [6.07, 6.45) is 0. The summed E-state index contributed by atoms with van der Waals surface area (Å²) in [5, 5.41) is 2.45. The molecule has 0 saturated carbocycles. The molecule has 0 N–H and O–H groups in total. The van der Waals surface area contributed by atoms with E-state index < -0.39 is 12.7 Å². The van der Waals surface area contributed by atoms with Crippen LogP contribution in [0.5, 0.6) is 0 Å². The summed E-state index contributed by atoms with van der Waals surface area (Å²) in [6, 6.07) is 25.3. The average molecular weight is 353 g/mol. The van der Waals surface area contributed by atoms with Crippen molar-refractivity contribution in [1.82, 2.24) is 4.57 Å². The second kappa shape index (κ2) is 5.76. The molecule has 1 fully saturated rings. The molecule has 0 bridgehead atoms. The molecule has 3 nitrogen and oxygen atoms in total. The minimum atomic E-state index is -0.480. The van der Waals surface area contributed by atoms with E-state index in [1.54, 1.807) is 0 Å². The first-order valence-electron chi connectivity index (χ1n) is 9.17. The van der Waals surface area contributed by atoms with E-state index in [4.69, 9.17) is 9.31 Å². The van der Waals surface area contributed by atoms with Crippen LogP contribution in [0.1, 0.15) is 13.8 Å². The Morgan fingerprint density at radius 2 is 1.56 bits per heavy atom. The van der Waals surface area contributed by atoms with Gasteiger partial charge in [-0.1, -0.05) is 55.1 Å². The van der Waals surface area contributed by atoms with Crippen LogP contribution in [-0.4, -0.2) is 17.3 Å². The molecule has 132 valence electrons. The molecule has 4 heteroatoms. The van der Waals surface area contributed by atoms with Crippen molar-refractivity contribution in [3.05, 3.63) is 85.1 Å². The lowest BCUT2D eigenvalue weighted by Crippen LogP contribution is -2.34. The Bertz CT molecular complexity index is 1180. The summed E-state index contributed by atoms with van der Waals surface area (Å²) in [7, 11) is -0.431. The highest BCUT2D eigenvalue weighted by Crippen LogP contribution is 2.33. The third-order valence-electron chi connectivity index (χ3n) is 5.31. The van der Waals surface area contributed by atoms with E-state index in [1.807, 2.05) is 19.9 Å². The number of hydrogen-bond acceptors (Lipinski definition) is 2. The summed E-state index contributed by atoms with van der Waals surface area (Å²) in [4.78, 5) is 0. The Morgan fingerprint density at radius 3 is 2.30 bits per heavy atom. The zero-order chi connectivity index (χ0) is 18.6. The Balaban J connectivity index is 1.75. The van der Waals surface area contributed by atoms with Crippen LogP contribution in [0, 0.1) is 0 Å². The fourth-order valence-corrected chi connectivity index (χ4v) is 3.75. The molecule has 5 rings (SSSR count). The number of nitrogens with zero attached hydrogens (tertiary/aromatic N) is 1. The van der Waals surface area contributed by atoms with Crippen molar-refractivity contribution in [3.8, 4) is 5.69 Å². The Kier molecular flexibility index (Phi) is 3.46. The van der Waals surface area contributed by atoms with Gasteiger partial charge in [0.05, 0.1) is 16.8 Å². The van der Waals surface area contributed by atoms with Gasteiger partial charge < -0.3 is 13.9 Å². The lowest BCUT2D eigenvalue weighted by atomic mass is 9.79. The molecular weight excluding hydrogens is 333 g/mol. The van der Waals surface area contributed by atoms with Gasteiger partial charge in [-0.2, -0.15) is 0 Å². The van der Waals surface area contributed by atoms with Gasteiger partial charge >= 0.3 is 7.12 Å². The second-order valence-corrected chi connectivity index (χ2v) is 7.47. The molecule has 1 aliphatic rings. The Labute approximate surface area is 159 Å². The molecule has 0 spiro atoms. The van der Waals surface area contributed by atoms with E-state index in [1.165, 1.54) is 16.3 Å². The smallest absolute Gasteiger partial charge is 0.534 e. The Morgan fingerprint density at radius 1 is 0.852 bits per heavy atom. The van der Waals surface area contributed by atoms with Gasteiger partial charge in [-0.05, 0) is 43.6 Å². The zero-order valence-electron chi connectivity index (χ0n) is 15.5. The fourth-order valence-electron chi connectivity index (χ4n) is 3.75. The maximum Gasteiger partial charge on any atom is 0.563 e. The molecule has 27 heavy (non-hydrogen) atoms. The van der Waals surface area contributed by atoms with Crippen molar-refractivity contribution in [1.29, 1.82) is 0 Å². The van der Waals surface area contributed by atoms with Gasteiger partial charge in [0.15, 0.2) is 0 Å².